The van der Waals surface area contributed by atoms with Crippen LogP contribution < -0.4 is 11.1 Å². The number of benzene rings is 1. The highest BCUT2D eigenvalue weighted by molar-refractivity contribution is 14.1. The van der Waals surface area contributed by atoms with Gasteiger partial charge in [0.1, 0.15) is 0 Å². The van der Waals surface area contributed by atoms with Gasteiger partial charge in [-0.05, 0) is 35.1 Å². The molecule has 1 unspecified atom stereocenters. The molecule has 0 aliphatic rings. The van der Waals surface area contributed by atoms with E-state index in [1.807, 2.05) is 30.3 Å². The molecule has 30 heavy (non-hydrogen) atoms. The Bertz CT molecular complexity index is 738. The molecule has 0 heterocycles. The van der Waals surface area contributed by atoms with Gasteiger partial charge in [0, 0.05) is 0 Å². The molecule has 0 fully saturated rings. The van der Waals surface area contributed by atoms with Crippen molar-refractivity contribution in [1.82, 2.24) is 5.32 Å². The van der Waals surface area contributed by atoms with Crippen molar-refractivity contribution in [2.45, 2.75) is 35.9 Å². The largest absolute Gasteiger partial charge is 0.490 e. The summed E-state index contributed by atoms with van der Waals surface area (Å²) < 4.78 is 41.5. The van der Waals surface area contributed by atoms with Gasteiger partial charge in [0.2, 0.25) is 10.0 Å². The van der Waals surface area contributed by atoms with Crippen molar-refractivity contribution in [3.05, 3.63) is 35.9 Å². The van der Waals surface area contributed by atoms with Crippen molar-refractivity contribution in [1.29, 1.82) is 0 Å². The fourth-order valence-electron chi connectivity index (χ4n) is 1.56. The number of carbonyl (C=O) groups is 3. The first-order valence-electron chi connectivity index (χ1n) is 8.16. The molecular formula is C18H20F3IN2O6. The number of esters is 1. The van der Waals surface area contributed by atoms with Gasteiger partial charge >= 0.3 is 18.1 Å². The van der Waals surface area contributed by atoms with Crippen molar-refractivity contribution in [3.63, 3.8) is 0 Å². The molecule has 0 bridgehead atoms. The summed E-state index contributed by atoms with van der Waals surface area (Å²) in [6.45, 7) is 1.78. The summed E-state index contributed by atoms with van der Waals surface area (Å²) in [6.07, 6.45) is 0.0894. The first-order chi connectivity index (χ1) is 13.9. The Kier molecular flexibility index (Phi) is 12.7. The number of carboxylic acids is 1. The number of hydrogen-bond donors (Lipinski definition) is 3. The zero-order valence-corrected chi connectivity index (χ0v) is 17.8. The highest BCUT2D eigenvalue weighted by Gasteiger charge is 2.38. The second kappa shape index (κ2) is 13.8. The Hall–Kier alpha value is -2.37. The fraction of sp³-hybridized carbons (Fsp3) is 0.389. The average Bonchev–Trinajstić information content (AvgIpc) is 2.67. The standard InChI is InChI=1S/C16H19IN2O4.C2HF3O2/c1-3-14(17)23-16(21)13(19-15(20)11(2)18)10-22-9-12-7-5-4-6-8-12;3-2(4,5)1(6)7/h1,4-8,11,13-14H,9-10,18H2,2H3,(H,19,20);(H,6,7)/t11-,13-,14?;/m0./s1. The molecule has 0 radical (unpaired) electrons. The van der Waals surface area contributed by atoms with Gasteiger partial charge in [0.25, 0.3) is 0 Å². The first kappa shape index (κ1) is 27.6. The number of nitrogens with two attached hydrogens (primary N) is 1. The van der Waals surface area contributed by atoms with Crippen molar-refractivity contribution < 1.29 is 42.1 Å². The minimum atomic E-state index is -5.08. The summed E-state index contributed by atoms with van der Waals surface area (Å²) in [4.78, 5) is 32.7. The Morgan fingerprint density at radius 2 is 1.83 bits per heavy atom. The molecular weight excluding hydrogens is 524 g/mol. The SMILES string of the molecule is C#CC(I)OC(=O)[C@H](COCc1ccccc1)NC(=O)[C@H](C)N.O=C(O)C(F)(F)F. The summed E-state index contributed by atoms with van der Waals surface area (Å²) in [6, 6.07) is 7.74. The highest BCUT2D eigenvalue weighted by Crippen LogP contribution is 2.13. The van der Waals surface area contributed by atoms with E-state index >= 15 is 0 Å². The van der Waals surface area contributed by atoms with Crippen LogP contribution in [0, 0.1) is 12.3 Å². The molecule has 4 N–H and O–H groups in total. The summed E-state index contributed by atoms with van der Waals surface area (Å²) in [5.74, 6) is -1.62. The van der Waals surface area contributed by atoms with Crippen LogP contribution in [-0.2, 0) is 30.5 Å². The van der Waals surface area contributed by atoms with E-state index < -0.39 is 40.2 Å². The predicted octanol–water partition coefficient (Wildman–Crippen LogP) is 1.61. The zero-order valence-electron chi connectivity index (χ0n) is 15.7. The van der Waals surface area contributed by atoms with Gasteiger partial charge in [-0.2, -0.15) is 13.2 Å². The lowest BCUT2D eigenvalue weighted by molar-refractivity contribution is -0.192. The number of alkyl halides is 4. The molecule has 8 nitrogen and oxygen atoms in total. The second-order valence-electron chi connectivity index (χ2n) is 5.57. The minimum Gasteiger partial charge on any atom is -0.475 e. The van der Waals surface area contributed by atoms with Crippen molar-refractivity contribution in [2.24, 2.45) is 5.73 Å². The minimum absolute atomic E-state index is 0.0415. The van der Waals surface area contributed by atoms with Gasteiger partial charge < -0.3 is 25.6 Å². The number of carboxylic acid groups (broad SMARTS) is 1. The van der Waals surface area contributed by atoms with Crippen LogP contribution in [-0.4, -0.2) is 51.9 Å². The Morgan fingerprint density at radius 1 is 1.30 bits per heavy atom. The molecule has 0 aliphatic carbocycles. The number of carbonyl (C=O) groups excluding carboxylic acids is 2. The molecule has 0 saturated heterocycles. The van der Waals surface area contributed by atoms with Crippen LogP contribution in [0.4, 0.5) is 13.2 Å². The van der Waals surface area contributed by atoms with Gasteiger partial charge in [-0.3, -0.25) is 4.79 Å². The van der Waals surface area contributed by atoms with Crippen LogP contribution in [0.5, 0.6) is 0 Å². The number of terminal acetylenes is 1. The van der Waals surface area contributed by atoms with Crippen LogP contribution in [0.25, 0.3) is 0 Å². The van der Waals surface area contributed by atoms with Gasteiger partial charge in [0.05, 0.1) is 19.3 Å². The van der Waals surface area contributed by atoms with E-state index in [1.165, 1.54) is 6.92 Å². The van der Waals surface area contributed by atoms with Crippen LogP contribution in [0.2, 0.25) is 0 Å². The van der Waals surface area contributed by atoms with Crippen LogP contribution in [0.1, 0.15) is 12.5 Å². The number of nitrogens with one attached hydrogen (secondary N) is 1. The number of hydrogen-bond acceptors (Lipinski definition) is 6. The topological polar surface area (TPSA) is 128 Å². The number of amides is 1. The van der Waals surface area contributed by atoms with Crippen LogP contribution in [0.15, 0.2) is 30.3 Å². The van der Waals surface area contributed by atoms with E-state index in [4.69, 9.17) is 31.5 Å². The Balaban J connectivity index is 0.00000103. The highest BCUT2D eigenvalue weighted by atomic mass is 127. The maximum atomic E-state index is 12.1. The molecule has 1 aromatic rings. The molecule has 1 amide bonds. The number of halogens is 4. The Morgan fingerprint density at radius 3 is 2.27 bits per heavy atom. The normalized spacial score (nSPS) is 13.5. The molecule has 0 spiro atoms. The monoisotopic (exact) mass is 544 g/mol. The van der Waals surface area contributed by atoms with Crippen LogP contribution in [0.3, 0.4) is 0 Å². The third-order valence-electron chi connectivity index (χ3n) is 3.00. The quantitative estimate of drug-likeness (QED) is 0.197. The average molecular weight is 544 g/mol. The summed E-state index contributed by atoms with van der Waals surface area (Å²) in [5.41, 5.74) is 6.45. The van der Waals surface area contributed by atoms with Gasteiger partial charge in [-0.1, -0.05) is 36.3 Å². The number of rotatable bonds is 8. The molecule has 12 heteroatoms. The van der Waals surface area contributed by atoms with Gasteiger partial charge in [0.15, 0.2) is 6.04 Å². The van der Waals surface area contributed by atoms with Gasteiger partial charge in [-0.25, -0.2) is 9.59 Å². The van der Waals surface area contributed by atoms with Crippen molar-refractivity contribution in [2.75, 3.05) is 6.61 Å². The van der Waals surface area contributed by atoms with Crippen molar-refractivity contribution >= 4 is 40.4 Å². The Labute approximate surface area is 184 Å². The second-order valence-corrected chi connectivity index (χ2v) is 6.70. The van der Waals surface area contributed by atoms with E-state index in [9.17, 15) is 22.8 Å². The third kappa shape index (κ3) is 12.2. The van der Waals surface area contributed by atoms with Crippen molar-refractivity contribution in [3.8, 4) is 12.3 Å². The van der Waals surface area contributed by atoms with Gasteiger partial charge in [-0.15, -0.1) is 6.42 Å². The number of aliphatic carboxylic acids is 1. The lowest BCUT2D eigenvalue weighted by Gasteiger charge is -2.19. The zero-order chi connectivity index (χ0) is 23.3. The molecule has 1 rings (SSSR count). The molecule has 0 aromatic heterocycles. The molecule has 0 saturated carbocycles. The predicted molar refractivity (Wildman–Crippen MR) is 108 cm³/mol. The molecule has 0 aliphatic heterocycles. The first-order valence-corrected chi connectivity index (χ1v) is 9.41. The summed E-state index contributed by atoms with van der Waals surface area (Å²) in [5, 5.41) is 9.62. The lowest BCUT2D eigenvalue weighted by atomic mass is 10.2. The van der Waals surface area contributed by atoms with E-state index in [-0.39, 0.29) is 6.61 Å². The summed E-state index contributed by atoms with van der Waals surface area (Å²) in [7, 11) is 0. The van der Waals surface area contributed by atoms with E-state index in [1.54, 1.807) is 22.6 Å². The van der Waals surface area contributed by atoms with E-state index in [0.29, 0.717) is 6.61 Å². The van der Waals surface area contributed by atoms with E-state index in [0.717, 1.165) is 5.56 Å². The van der Waals surface area contributed by atoms with E-state index in [2.05, 4.69) is 11.2 Å². The molecule has 1 aromatic carbocycles. The molecule has 3 atom stereocenters. The number of ether oxygens (including phenoxy) is 2. The maximum Gasteiger partial charge on any atom is 0.490 e. The lowest BCUT2D eigenvalue weighted by Crippen LogP contribution is -2.50. The maximum absolute atomic E-state index is 12.1. The smallest absolute Gasteiger partial charge is 0.475 e. The summed E-state index contributed by atoms with van der Waals surface area (Å²) >= 11 is 1.79. The third-order valence-corrected chi connectivity index (χ3v) is 3.62. The molecule has 166 valence electrons. The van der Waals surface area contributed by atoms with Crippen LogP contribution >= 0.6 is 22.6 Å². The fourth-order valence-corrected chi connectivity index (χ4v) is 1.81.